The zero-order chi connectivity index (χ0) is 12.7. The van der Waals surface area contributed by atoms with E-state index in [2.05, 4.69) is 6.07 Å². The lowest BCUT2D eigenvalue weighted by Gasteiger charge is -2.12. The van der Waals surface area contributed by atoms with Gasteiger partial charge >= 0.3 is 0 Å². The van der Waals surface area contributed by atoms with Crippen molar-refractivity contribution >= 4 is 5.78 Å². The first-order chi connectivity index (χ1) is 8.13. The molecule has 4 heteroatoms. The van der Waals surface area contributed by atoms with Crippen LogP contribution < -0.4 is 4.74 Å². The first-order valence-electron chi connectivity index (χ1n) is 5.32. The third kappa shape index (κ3) is 4.70. The van der Waals surface area contributed by atoms with Gasteiger partial charge in [0.05, 0.1) is 0 Å². The van der Waals surface area contributed by atoms with Gasteiger partial charge in [-0.25, -0.2) is 0 Å². The van der Waals surface area contributed by atoms with Gasteiger partial charge in [-0.2, -0.15) is 0 Å². The zero-order valence-electron chi connectivity index (χ0n) is 9.59. The smallest absolute Gasteiger partial charge is 0.197 e. The van der Waals surface area contributed by atoms with Gasteiger partial charge in [-0.15, -0.1) is 0 Å². The monoisotopic (exact) mass is 235 g/mol. The maximum Gasteiger partial charge on any atom is 0.197 e. The second-order valence-electron chi connectivity index (χ2n) is 3.44. The van der Waals surface area contributed by atoms with Crippen molar-refractivity contribution in [2.24, 2.45) is 0 Å². The number of hydrogen-bond acceptors (Lipinski definition) is 4. The van der Waals surface area contributed by atoms with Gasteiger partial charge in [-0.05, 0) is 31.2 Å². The summed E-state index contributed by atoms with van der Waals surface area (Å²) in [5.74, 6) is -0.179. The predicted molar refractivity (Wildman–Crippen MR) is 62.5 cm³/mol. The molecule has 1 aromatic carbocycles. The molecule has 0 fully saturated rings. The predicted octanol–water partition coefficient (Wildman–Crippen LogP) is 2.00. The lowest BCUT2D eigenvalue weighted by Crippen LogP contribution is -2.17. The van der Waals surface area contributed by atoms with Gasteiger partial charge in [0.25, 0.3) is 0 Å². The Bertz CT molecular complexity index is 384. The Morgan fingerprint density at radius 2 is 2.18 bits per heavy atom. The highest BCUT2D eigenvalue weighted by atomic mass is 16.6. The Balaban J connectivity index is 2.36. The molecule has 1 radical (unpaired) electrons. The molecule has 17 heavy (non-hydrogen) atoms. The standard InChI is InChI=1S/C13H15O4/c1-2-11(14)12(15)8-9-13(16)17-10-6-4-3-5-7-10/h2,4-7,13-14,16H,8-9H2,1H3. The molecule has 0 bridgehead atoms. The van der Waals surface area contributed by atoms with Crippen LogP contribution in [0.5, 0.6) is 5.75 Å². The summed E-state index contributed by atoms with van der Waals surface area (Å²) in [5.41, 5.74) is 0. The Morgan fingerprint density at radius 1 is 1.53 bits per heavy atom. The molecule has 1 atom stereocenters. The van der Waals surface area contributed by atoms with Crippen LogP contribution in [-0.2, 0) is 4.79 Å². The van der Waals surface area contributed by atoms with Crippen molar-refractivity contribution in [1.82, 2.24) is 0 Å². The lowest BCUT2D eigenvalue weighted by molar-refractivity contribution is -0.119. The van der Waals surface area contributed by atoms with Crippen LogP contribution in [0, 0.1) is 6.07 Å². The number of hydrogen-bond donors (Lipinski definition) is 2. The van der Waals surface area contributed by atoms with Crippen LogP contribution in [0.3, 0.4) is 0 Å². The molecule has 91 valence electrons. The molecule has 1 rings (SSSR count). The van der Waals surface area contributed by atoms with Crippen LogP contribution in [-0.4, -0.2) is 22.3 Å². The molecule has 1 unspecified atom stereocenters. The summed E-state index contributed by atoms with van der Waals surface area (Å²) in [6, 6.07) is 9.48. The van der Waals surface area contributed by atoms with Crippen molar-refractivity contribution in [3.8, 4) is 5.75 Å². The van der Waals surface area contributed by atoms with Gasteiger partial charge in [-0.1, -0.05) is 12.1 Å². The number of rotatable bonds is 6. The number of aliphatic hydroxyl groups excluding tert-OH is 2. The molecule has 0 spiro atoms. The fourth-order valence-electron chi connectivity index (χ4n) is 1.21. The Hall–Kier alpha value is -1.81. The van der Waals surface area contributed by atoms with Gasteiger partial charge < -0.3 is 14.9 Å². The average molecular weight is 235 g/mol. The normalized spacial score (nSPS) is 13.2. The molecule has 0 aliphatic carbocycles. The van der Waals surface area contributed by atoms with Crippen molar-refractivity contribution in [1.29, 1.82) is 0 Å². The number of Topliss-reactive ketones (excluding diaryl/α,β-unsaturated/α-hetero) is 1. The topological polar surface area (TPSA) is 66.8 Å². The largest absolute Gasteiger partial charge is 0.505 e. The fourth-order valence-corrected chi connectivity index (χ4v) is 1.21. The summed E-state index contributed by atoms with van der Waals surface area (Å²) in [4.78, 5) is 11.2. The van der Waals surface area contributed by atoms with Crippen LogP contribution in [0.25, 0.3) is 0 Å². The molecule has 0 saturated carbocycles. The molecule has 2 N–H and O–H groups in total. The molecule has 4 nitrogen and oxygen atoms in total. The summed E-state index contributed by atoms with van der Waals surface area (Å²) in [5, 5.41) is 18.6. The molecule has 0 saturated heterocycles. The van der Waals surface area contributed by atoms with Crippen molar-refractivity contribution in [2.75, 3.05) is 0 Å². The van der Waals surface area contributed by atoms with Crippen molar-refractivity contribution < 1.29 is 19.7 Å². The molecular weight excluding hydrogens is 220 g/mol. The minimum atomic E-state index is -1.06. The zero-order valence-corrected chi connectivity index (χ0v) is 9.59. The van der Waals surface area contributed by atoms with E-state index in [1.54, 1.807) is 31.2 Å². The van der Waals surface area contributed by atoms with Crippen LogP contribution in [0.2, 0.25) is 0 Å². The number of ether oxygens (including phenoxy) is 1. The Labute approximate surface area is 100 Å². The molecule has 0 aliphatic heterocycles. The van der Waals surface area contributed by atoms with E-state index in [1.165, 1.54) is 6.08 Å². The molecule has 0 aliphatic rings. The van der Waals surface area contributed by atoms with Crippen LogP contribution >= 0.6 is 0 Å². The van der Waals surface area contributed by atoms with Crippen molar-refractivity contribution in [2.45, 2.75) is 26.1 Å². The van der Waals surface area contributed by atoms with E-state index in [-0.39, 0.29) is 18.6 Å². The second-order valence-corrected chi connectivity index (χ2v) is 3.44. The highest BCUT2D eigenvalue weighted by Gasteiger charge is 2.11. The number of ketones is 1. The molecule has 0 aromatic heterocycles. The van der Waals surface area contributed by atoms with E-state index < -0.39 is 12.1 Å². The quantitative estimate of drug-likeness (QED) is 0.449. The minimum absolute atomic E-state index is 0.0380. The number of carbonyl (C=O) groups is 1. The van der Waals surface area contributed by atoms with E-state index in [0.29, 0.717) is 5.75 Å². The van der Waals surface area contributed by atoms with E-state index >= 15 is 0 Å². The molecule has 0 amide bonds. The van der Waals surface area contributed by atoms with Gasteiger partial charge in [-0.3, -0.25) is 4.79 Å². The number of aliphatic hydroxyl groups is 2. The highest BCUT2D eigenvalue weighted by Crippen LogP contribution is 2.12. The first-order valence-corrected chi connectivity index (χ1v) is 5.32. The van der Waals surface area contributed by atoms with E-state index in [9.17, 15) is 9.90 Å². The third-order valence-corrected chi connectivity index (χ3v) is 2.14. The van der Waals surface area contributed by atoms with Gasteiger partial charge in [0.2, 0.25) is 0 Å². The Morgan fingerprint density at radius 3 is 2.76 bits per heavy atom. The van der Waals surface area contributed by atoms with Gasteiger partial charge in [0, 0.05) is 12.8 Å². The second kappa shape index (κ2) is 6.70. The highest BCUT2D eigenvalue weighted by molar-refractivity contribution is 5.92. The Kier molecular flexibility index (Phi) is 5.23. The summed E-state index contributed by atoms with van der Waals surface area (Å²) in [6.45, 7) is 1.57. The van der Waals surface area contributed by atoms with E-state index in [0.717, 1.165) is 0 Å². The van der Waals surface area contributed by atoms with Crippen LogP contribution in [0.15, 0.2) is 36.1 Å². The summed E-state index contributed by atoms with van der Waals surface area (Å²) >= 11 is 0. The van der Waals surface area contributed by atoms with Crippen molar-refractivity contribution in [3.05, 3.63) is 42.2 Å². The molecule has 1 aromatic rings. The fraction of sp³-hybridized carbons (Fsp3) is 0.308. The first kappa shape index (κ1) is 13.3. The SMILES string of the molecule is CC=C(O)C(=O)CCC(O)Oc1cc[c]cc1. The van der Waals surface area contributed by atoms with Gasteiger partial charge in [0.15, 0.2) is 17.8 Å². The molecular formula is C13H15O4. The van der Waals surface area contributed by atoms with Crippen LogP contribution in [0.1, 0.15) is 19.8 Å². The summed E-state index contributed by atoms with van der Waals surface area (Å²) < 4.78 is 5.16. The average Bonchev–Trinajstić information content (AvgIpc) is 2.36. The summed E-state index contributed by atoms with van der Waals surface area (Å²) in [6.07, 6.45) is 0.430. The van der Waals surface area contributed by atoms with Gasteiger partial charge in [0.1, 0.15) is 5.75 Å². The van der Waals surface area contributed by atoms with Crippen LogP contribution in [0.4, 0.5) is 0 Å². The maximum absolute atomic E-state index is 11.2. The molecule has 0 heterocycles. The number of carbonyl (C=O) groups excluding carboxylic acids is 1. The summed E-state index contributed by atoms with van der Waals surface area (Å²) in [7, 11) is 0. The number of benzene rings is 1. The maximum atomic E-state index is 11.2. The lowest BCUT2D eigenvalue weighted by atomic mass is 10.2. The van der Waals surface area contributed by atoms with Crippen molar-refractivity contribution in [3.63, 3.8) is 0 Å². The minimum Gasteiger partial charge on any atom is -0.505 e. The van der Waals surface area contributed by atoms with E-state index in [1.807, 2.05) is 0 Å². The third-order valence-electron chi connectivity index (χ3n) is 2.14. The number of allylic oxidation sites excluding steroid dienone is 2. The van der Waals surface area contributed by atoms with E-state index in [4.69, 9.17) is 9.84 Å².